The predicted octanol–water partition coefficient (Wildman–Crippen LogP) is 0.170. The number of imidazole rings is 1. The zero-order valence-corrected chi connectivity index (χ0v) is 6.89. The minimum Gasteiger partial charge on any atom is -0.316 e. The van der Waals surface area contributed by atoms with Crippen LogP contribution in [0.4, 0.5) is 0 Å². The Balaban J connectivity index is 2.13. The first-order valence-corrected chi connectivity index (χ1v) is 4.34. The molecule has 1 unspecified atom stereocenters. The second-order valence-corrected chi connectivity index (χ2v) is 3.24. The number of hydrogen-bond acceptors (Lipinski definition) is 2. The monoisotopic (exact) mass is 167 g/mol. The van der Waals surface area contributed by atoms with Gasteiger partial charge in [-0.3, -0.25) is 0 Å². The highest BCUT2D eigenvalue weighted by molar-refractivity contribution is 5.05. The van der Waals surface area contributed by atoms with E-state index in [0.717, 1.165) is 18.8 Å². The molecule has 2 rings (SSSR count). The summed E-state index contributed by atoms with van der Waals surface area (Å²) >= 11 is 0. The van der Waals surface area contributed by atoms with Gasteiger partial charge < -0.3 is 15.3 Å². The highest BCUT2D eigenvalue weighted by atomic mass is 16.1. The van der Waals surface area contributed by atoms with Crippen LogP contribution in [0.1, 0.15) is 24.5 Å². The highest BCUT2D eigenvalue weighted by Crippen LogP contribution is 2.19. The summed E-state index contributed by atoms with van der Waals surface area (Å²) in [5.74, 6) is 0.484. The molecule has 1 aromatic rings. The van der Waals surface area contributed by atoms with E-state index in [-0.39, 0.29) is 5.69 Å². The highest BCUT2D eigenvalue weighted by Gasteiger charge is 2.15. The zero-order valence-electron chi connectivity index (χ0n) is 6.89. The van der Waals surface area contributed by atoms with E-state index >= 15 is 0 Å². The molecule has 1 aromatic heterocycles. The molecule has 4 nitrogen and oxygen atoms in total. The van der Waals surface area contributed by atoms with Gasteiger partial charge in [-0.15, -0.1) is 0 Å². The van der Waals surface area contributed by atoms with E-state index in [1.165, 1.54) is 12.8 Å². The number of H-pyrrole nitrogens is 2. The Bertz CT molecular complexity index is 295. The van der Waals surface area contributed by atoms with Crippen molar-refractivity contribution >= 4 is 0 Å². The third-order valence-corrected chi connectivity index (χ3v) is 2.35. The maximum atomic E-state index is 10.8. The fourth-order valence-electron chi connectivity index (χ4n) is 1.68. The van der Waals surface area contributed by atoms with Crippen LogP contribution < -0.4 is 11.0 Å². The van der Waals surface area contributed by atoms with Crippen molar-refractivity contribution in [2.45, 2.75) is 18.8 Å². The molecule has 66 valence electrons. The number of piperidine rings is 1. The lowest BCUT2D eigenvalue weighted by atomic mass is 9.97. The molecule has 0 radical (unpaired) electrons. The molecule has 0 bridgehead atoms. The maximum Gasteiger partial charge on any atom is 0.323 e. The Morgan fingerprint density at radius 1 is 1.50 bits per heavy atom. The van der Waals surface area contributed by atoms with E-state index in [1.807, 2.05) is 0 Å². The number of rotatable bonds is 1. The Labute approximate surface area is 70.4 Å². The number of hydrogen-bond donors (Lipinski definition) is 3. The standard InChI is InChI=1S/C8H13N3O/c12-8-10-5-7(11-8)6-2-1-3-9-4-6/h5-6,9H,1-4H2,(H2,10,11,12). The minimum absolute atomic E-state index is 0.101. The van der Waals surface area contributed by atoms with Crippen molar-refractivity contribution in [3.8, 4) is 0 Å². The molecule has 1 aliphatic rings. The zero-order chi connectivity index (χ0) is 8.39. The first kappa shape index (κ1) is 7.61. The van der Waals surface area contributed by atoms with Crippen LogP contribution in [0.5, 0.6) is 0 Å². The summed E-state index contributed by atoms with van der Waals surface area (Å²) in [5.41, 5.74) is 0.933. The van der Waals surface area contributed by atoms with Gasteiger partial charge in [0.05, 0.1) is 0 Å². The van der Waals surface area contributed by atoms with Crippen molar-refractivity contribution in [3.63, 3.8) is 0 Å². The van der Waals surface area contributed by atoms with Gasteiger partial charge in [0.2, 0.25) is 0 Å². The summed E-state index contributed by atoms with van der Waals surface area (Å²) in [6.07, 6.45) is 4.14. The minimum atomic E-state index is -0.101. The third kappa shape index (κ3) is 1.43. The van der Waals surface area contributed by atoms with Crippen molar-refractivity contribution in [2.75, 3.05) is 13.1 Å². The van der Waals surface area contributed by atoms with E-state index in [9.17, 15) is 4.79 Å². The topological polar surface area (TPSA) is 60.7 Å². The molecule has 4 heteroatoms. The largest absolute Gasteiger partial charge is 0.323 e. The van der Waals surface area contributed by atoms with Crippen LogP contribution in [0.2, 0.25) is 0 Å². The van der Waals surface area contributed by atoms with Crippen LogP contribution >= 0.6 is 0 Å². The molecule has 0 spiro atoms. The van der Waals surface area contributed by atoms with Crippen LogP contribution in [0, 0.1) is 0 Å². The third-order valence-electron chi connectivity index (χ3n) is 2.35. The molecule has 1 fully saturated rings. The lowest BCUT2D eigenvalue weighted by Crippen LogP contribution is -2.28. The second-order valence-electron chi connectivity index (χ2n) is 3.24. The average molecular weight is 167 g/mol. The van der Waals surface area contributed by atoms with Gasteiger partial charge in [0.25, 0.3) is 0 Å². The Morgan fingerprint density at radius 3 is 3.00 bits per heavy atom. The van der Waals surface area contributed by atoms with Crippen molar-refractivity contribution in [1.29, 1.82) is 0 Å². The van der Waals surface area contributed by atoms with Gasteiger partial charge in [-0.1, -0.05) is 0 Å². The number of aromatic amines is 2. The summed E-state index contributed by atoms with van der Waals surface area (Å²) < 4.78 is 0. The van der Waals surface area contributed by atoms with Gasteiger partial charge in [-0.05, 0) is 19.4 Å². The van der Waals surface area contributed by atoms with E-state index in [1.54, 1.807) is 6.20 Å². The number of aromatic nitrogens is 2. The lowest BCUT2D eigenvalue weighted by Gasteiger charge is -2.20. The average Bonchev–Trinajstić information content (AvgIpc) is 2.54. The molecule has 1 atom stereocenters. The summed E-state index contributed by atoms with van der Waals surface area (Å²) in [4.78, 5) is 16.2. The fraction of sp³-hybridized carbons (Fsp3) is 0.625. The smallest absolute Gasteiger partial charge is 0.316 e. The molecule has 12 heavy (non-hydrogen) atoms. The molecule has 1 saturated heterocycles. The van der Waals surface area contributed by atoms with Crippen molar-refractivity contribution < 1.29 is 0 Å². The molecule has 0 saturated carbocycles. The van der Waals surface area contributed by atoms with Gasteiger partial charge in [0.1, 0.15) is 0 Å². The molecule has 0 amide bonds. The van der Waals surface area contributed by atoms with Crippen LogP contribution in [0.15, 0.2) is 11.0 Å². The maximum absolute atomic E-state index is 10.8. The summed E-state index contributed by atoms with van der Waals surface area (Å²) in [5, 5.41) is 3.31. The molecule has 0 aromatic carbocycles. The van der Waals surface area contributed by atoms with E-state index < -0.39 is 0 Å². The summed E-state index contributed by atoms with van der Waals surface area (Å²) in [6, 6.07) is 0. The van der Waals surface area contributed by atoms with E-state index in [0.29, 0.717) is 5.92 Å². The Morgan fingerprint density at radius 2 is 2.42 bits per heavy atom. The lowest BCUT2D eigenvalue weighted by molar-refractivity contribution is 0.455. The second kappa shape index (κ2) is 3.15. The van der Waals surface area contributed by atoms with Gasteiger partial charge in [-0.25, -0.2) is 4.79 Å². The first-order valence-electron chi connectivity index (χ1n) is 4.34. The summed E-state index contributed by atoms with van der Waals surface area (Å²) in [6.45, 7) is 2.08. The molecule has 3 N–H and O–H groups in total. The van der Waals surface area contributed by atoms with Gasteiger partial charge in [0.15, 0.2) is 0 Å². The quantitative estimate of drug-likeness (QED) is 0.558. The predicted molar refractivity (Wildman–Crippen MR) is 46.3 cm³/mol. The molecule has 2 heterocycles. The van der Waals surface area contributed by atoms with Gasteiger partial charge in [-0.2, -0.15) is 0 Å². The molecular weight excluding hydrogens is 154 g/mol. The fourth-order valence-corrected chi connectivity index (χ4v) is 1.68. The van der Waals surface area contributed by atoms with Crippen molar-refractivity contribution in [2.24, 2.45) is 0 Å². The number of nitrogens with one attached hydrogen (secondary N) is 3. The molecular formula is C8H13N3O. The first-order chi connectivity index (χ1) is 5.86. The van der Waals surface area contributed by atoms with Crippen LogP contribution in [-0.4, -0.2) is 23.1 Å². The van der Waals surface area contributed by atoms with Crippen LogP contribution in [0.25, 0.3) is 0 Å². The Hall–Kier alpha value is -1.03. The van der Waals surface area contributed by atoms with Gasteiger partial charge in [0, 0.05) is 24.4 Å². The summed E-state index contributed by atoms with van der Waals surface area (Å²) in [7, 11) is 0. The Kier molecular flexibility index (Phi) is 1.99. The van der Waals surface area contributed by atoms with Crippen molar-refractivity contribution in [3.05, 3.63) is 22.4 Å². The van der Waals surface area contributed by atoms with Crippen LogP contribution in [-0.2, 0) is 0 Å². The van der Waals surface area contributed by atoms with Crippen molar-refractivity contribution in [1.82, 2.24) is 15.3 Å². The molecule has 0 aliphatic carbocycles. The van der Waals surface area contributed by atoms with E-state index in [4.69, 9.17) is 0 Å². The van der Waals surface area contributed by atoms with Crippen LogP contribution in [0.3, 0.4) is 0 Å². The van der Waals surface area contributed by atoms with Gasteiger partial charge >= 0.3 is 5.69 Å². The van der Waals surface area contributed by atoms with E-state index in [2.05, 4.69) is 15.3 Å². The molecule has 1 aliphatic heterocycles. The SMILES string of the molecule is O=c1[nH]cc(C2CCCNC2)[nH]1. The normalized spacial score (nSPS) is 24.2.